The summed E-state index contributed by atoms with van der Waals surface area (Å²) in [6, 6.07) is 5.95. The van der Waals surface area contributed by atoms with Gasteiger partial charge in [0.05, 0.1) is 0 Å². The van der Waals surface area contributed by atoms with E-state index in [0.717, 1.165) is 37.5 Å². The molecule has 1 aliphatic rings. The van der Waals surface area contributed by atoms with Crippen LogP contribution in [0.2, 0.25) is 0 Å². The fourth-order valence-electron chi connectivity index (χ4n) is 2.85. The number of hydrogen-bond donors (Lipinski definition) is 2. The fraction of sp³-hybridized carbons (Fsp3) is 0.667. The Kier molecular flexibility index (Phi) is 11.0. The lowest BCUT2D eigenvalue weighted by Crippen LogP contribution is -2.34. The molecule has 2 rings (SSSR count). The van der Waals surface area contributed by atoms with Crippen LogP contribution in [-0.2, 0) is 6.42 Å². The topological polar surface area (TPSA) is 66.5 Å². The van der Waals surface area contributed by atoms with Gasteiger partial charge in [0.15, 0.2) is 5.96 Å². The van der Waals surface area contributed by atoms with E-state index in [-0.39, 0.29) is 24.0 Å². The molecule has 0 spiro atoms. The molecule has 24 heavy (non-hydrogen) atoms. The smallest absolute Gasteiger partial charge is 0.188 e. The molecule has 2 heterocycles. The minimum Gasteiger partial charge on any atom is -0.370 e. The molecule has 1 saturated heterocycles. The van der Waals surface area contributed by atoms with Crippen LogP contribution in [0.3, 0.4) is 0 Å². The first-order valence-corrected chi connectivity index (χ1v) is 8.90. The molecular weight excluding hydrogens is 413 g/mol. The zero-order chi connectivity index (χ0) is 16.3. The summed E-state index contributed by atoms with van der Waals surface area (Å²) < 4.78 is 0. The molecule has 1 fully saturated rings. The molecule has 6 heteroatoms. The second-order valence-electron chi connectivity index (χ2n) is 6.50. The van der Waals surface area contributed by atoms with Crippen molar-refractivity contribution in [3.63, 3.8) is 0 Å². The SMILES string of the molecule is CC1CCN(CCCCN=C(N)NCCc2ccccn2)CC1.I. The van der Waals surface area contributed by atoms with Crippen LogP contribution in [-0.4, -0.2) is 48.6 Å². The van der Waals surface area contributed by atoms with Gasteiger partial charge < -0.3 is 16.0 Å². The van der Waals surface area contributed by atoms with Crippen molar-refractivity contribution in [1.29, 1.82) is 0 Å². The Morgan fingerprint density at radius 3 is 2.83 bits per heavy atom. The van der Waals surface area contributed by atoms with E-state index in [1.807, 2.05) is 24.4 Å². The number of aliphatic imine (C=N–C) groups is 1. The van der Waals surface area contributed by atoms with Crippen molar-refractivity contribution < 1.29 is 0 Å². The predicted octanol–water partition coefficient (Wildman–Crippen LogP) is 2.66. The van der Waals surface area contributed by atoms with Gasteiger partial charge in [0.25, 0.3) is 0 Å². The number of unbranched alkanes of at least 4 members (excludes halogenated alkanes) is 1. The Morgan fingerprint density at radius 1 is 1.33 bits per heavy atom. The highest BCUT2D eigenvalue weighted by Crippen LogP contribution is 2.16. The Labute approximate surface area is 163 Å². The van der Waals surface area contributed by atoms with Crippen molar-refractivity contribution in [2.45, 2.75) is 39.0 Å². The predicted molar refractivity (Wildman–Crippen MR) is 112 cm³/mol. The standard InChI is InChI=1S/C18H31N5.HI/c1-16-8-14-23(15-9-16)13-5-4-11-21-18(19)22-12-7-17-6-2-3-10-20-17;/h2-3,6,10,16H,4-5,7-9,11-15H2,1H3,(H3,19,21,22);1H. The number of hydrogen-bond acceptors (Lipinski definition) is 3. The number of nitrogens with zero attached hydrogens (tertiary/aromatic N) is 3. The minimum absolute atomic E-state index is 0. The van der Waals surface area contributed by atoms with Crippen molar-refractivity contribution in [3.05, 3.63) is 30.1 Å². The van der Waals surface area contributed by atoms with Crippen molar-refractivity contribution in [2.75, 3.05) is 32.7 Å². The van der Waals surface area contributed by atoms with Crippen LogP contribution in [0.5, 0.6) is 0 Å². The number of rotatable bonds is 8. The summed E-state index contributed by atoms with van der Waals surface area (Å²) in [5.41, 5.74) is 6.96. The molecule has 0 saturated carbocycles. The third kappa shape index (κ3) is 8.82. The molecule has 0 bridgehead atoms. The lowest BCUT2D eigenvalue weighted by Gasteiger charge is -2.30. The Bertz CT molecular complexity index is 458. The maximum absolute atomic E-state index is 5.89. The van der Waals surface area contributed by atoms with Gasteiger partial charge in [-0.25, -0.2) is 0 Å². The molecule has 0 amide bonds. The highest BCUT2D eigenvalue weighted by atomic mass is 127. The molecule has 136 valence electrons. The van der Waals surface area contributed by atoms with Gasteiger partial charge in [-0.3, -0.25) is 9.98 Å². The average molecular weight is 445 g/mol. The molecular formula is C18H32IN5. The third-order valence-electron chi connectivity index (χ3n) is 4.45. The van der Waals surface area contributed by atoms with Gasteiger partial charge in [0.1, 0.15) is 0 Å². The molecule has 0 radical (unpaired) electrons. The van der Waals surface area contributed by atoms with E-state index in [2.05, 4.69) is 27.1 Å². The van der Waals surface area contributed by atoms with Crippen LogP contribution in [0, 0.1) is 5.92 Å². The quantitative estimate of drug-likeness (QED) is 0.280. The second kappa shape index (κ2) is 12.5. The minimum atomic E-state index is 0. The second-order valence-corrected chi connectivity index (χ2v) is 6.50. The lowest BCUT2D eigenvalue weighted by molar-refractivity contribution is 0.190. The number of aromatic nitrogens is 1. The molecule has 0 aliphatic carbocycles. The van der Waals surface area contributed by atoms with Crippen LogP contribution >= 0.6 is 24.0 Å². The van der Waals surface area contributed by atoms with Crippen LogP contribution < -0.4 is 11.1 Å². The number of nitrogens with two attached hydrogens (primary N) is 1. The van der Waals surface area contributed by atoms with Gasteiger partial charge in [-0.2, -0.15) is 0 Å². The summed E-state index contributed by atoms with van der Waals surface area (Å²) in [6.07, 6.45) is 7.70. The number of nitrogens with one attached hydrogen (secondary N) is 1. The van der Waals surface area contributed by atoms with Gasteiger partial charge in [0, 0.05) is 31.4 Å². The summed E-state index contributed by atoms with van der Waals surface area (Å²) in [5, 5.41) is 3.15. The number of guanidine groups is 1. The zero-order valence-corrected chi connectivity index (χ0v) is 17.1. The molecule has 1 aromatic rings. The highest BCUT2D eigenvalue weighted by molar-refractivity contribution is 14.0. The van der Waals surface area contributed by atoms with E-state index < -0.39 is 0 Å². The van der Waals surface area contributed by atoms with E-state index in [1.165, 1.54) is 38.9 Å². The Morgan fingerprint density at radius 2 is 2.12 bits per heavy atom. The highest BCUT2D eigenvalue weighted by Gasteiger charge is 2.14. The first-order chi connectivity index (χ1) is 11.2. The number of likely N-dealkylation sites (tertiary alicyclic amines) is 1. The summed E-state index contributed by atoms with van der Waals surface area (Å²) in [5.74, 6) is 1.46. The van der Waals surface area contributed by atoms with Crippen LogP contribution in [0.4, 0.5) is 0 Å². The molecule has 1 aromatic heterocycles. The van der Waals surface area contributed by atoms with E-state index in [4.69, 9.17) is 5.73 Å². The first kappa shape index (κ1) is 21.2. The number of pyridine rings is 1. The summed E-state index contributed by atoms with van der Waals surface area (Å²) in [4.78, 5) is 11.3. The monoisotopic (exact) mass is 445 g/mol. The van der Waals surface area contributed by atoms with Crippen LogP contribution in [0.1, 0.15) is 38.3 Å². The van der Waals surface area contributed by atoms with Crippen LogP contribution in [0.25, 0.3) is 0 Å². The largest absolute Gasteiger partial charge is 0.370 e. The maximum atomic E-state index is 5.89. The van der Waals surface area contributed by atoms with Crippen molar-refractivity contribution in [2.24, 2.45) is 16.6 Å². The lowest BCUT2D eigenvalue weighted by atomic mass is 9.99. The maximum Gasteiger partial charge on any atom is 0.188 e. The Balaban J connectivity index is 0.00000288. The first-order valence-electron chi connectivity index (χ1n) is 8.90. The van der Waals surface area contributed by atoms with Gasteiger partial charge in [-0.15, -0.1) is 24.0 Å². The average Bonchev–Trinajstić information content (AvgIpc) is 2.57. The van der Waals surface area contributed by atoms with Gasteiger partial charge >= 0.3 is 0 Å². The fourth-order valence-corrected chi connectivity index (χ4v) is 2.85. The molecule has 0 unspecified atom stereocenters. The summed E-state index contributed by atoms with van der Waals surface area (Å²) in [6.45, 7) is 7.68. The van der Waals surface area contributed by atoms with E-state index in [0.29, 0.717) is 5.96 Å². The molecule has 0 aromatic carbocycles. The third-order valence-corrected chi connectivity index (χ3v) is 4.45. The van der Waals surface area contributed by atoms with Gasteiger partial charge in [-0.05, 0) is 63.4 Å². The van der Waals surface area contributed by atoms with Gasteiger partial charge in [-0.1, -0.05) is 13.0 Å². The number of piperidine rings is 1. The zero-order valence-electron chi connectivity index (χ0n) is 14.8. The van der Waals surface area contributed by atoms with E-state index in [1.54, 1.807) is 0 Å². The number of halogens is 1. The molecule has 0 atom stereocenters. The van der Waals surface area contributed by atoms with Crippen molar-refractivity contribution >= 4 is 29.9 Å². The van der Waals surface area contributed by atoms with Crippen LogP contribution in [0.15, 0.2) is 29.4 Å². The van der Waals surface area contributed by atoms with Crippen molar-refractivity contribution in [1.82, 2.24) is 15.2 Å². The van der Waals surface area contributed by atoms with Crippen molar-refractivity contribution in [3.8, 4) is 0 Å². The van der Waals surface area contributed by atoms with Gasteiger partial charge in [0.2, 0.25) is 0 Å². The summed E-state index contributed by atoms with van der Waals surface area (Å²) >= 11 is 0. The molecule has 1 aliphatic heterocycles. The summed E-state index contributed by atoms with van der Waals surface area (Å²) in [7, 11) is 0. The normalized spacial score (nSPS) is 16.6. The Hall–Kier alpha value is -0.890. The van der Waals surface area contributed by atoms with E-state index >= 15 is 0 Å². The molecule has 3 N–H and O–H groups in total. The van der Waals surface area contributed by atoms with E-state index in [9.17, 15) is 0 Å². The molecule has 5 nitrogen and oxygen atoms in total.